The van der Waals surface area contributed by atoms with E-state index in [4.69, 9.17) is 5.84 Å². The molecular weight excluding hydrogens is 276 g/mol. The summed E-state index contributed by atoms with van der Waals surface area (Å²) in [6.07, 6.45) is 0. The van der Waals surface area contributed by atoms with Crippen molar-refractivity contribution < 1.29 is 13.6 Å². The van der Waals surface area contributed by atoms with Gasteiger partial charge in [0.2, 0.25) is 0 Å². The van der Waals surface area contributed by atoms with Crippen LogP contribution in [-0.2, 0) is 0 Å². The fraction of sp³-hybridized carbons (Fsp3) is 0.133. The molecule has 0 aromatic heterocycles. The van der Waals surface area contributed by atoms with E-state index in [1.54, 1.807) is 18.2 Å². The van der Waals surface area contributed by atoms with Crippen molar-refractivity contribution in [3.63, 3.8) is 0 Å². The number of hydrazine groups is 1. The molecule has 1 amide bonds. The van der Waals surface area contributed by atoms with Crippen LogP contribution in [0.4, 0.5) is 20.2 Å². The van der Waals surface area contributed by atoms with Crippen molar-refractivity contribution in [2.75, 3.05) is 10.7 Å². The van der Waals surface area contributed by atoms with E-state index in [0.29, 0.717) is 5.69 Å². The van der Waals surface area contributed by atoms with E-state index >= 15 is 0 Å². The zero-order chi connectivity index (χ0) is 15.6. The summed E-state index contributed by atoms with van der Waals surface area (Å²) in [6.45, 7) is 3.29. The van der Waals surface area contributed by atoms with Crippen molar-refractivity contribution in [3.8, 4) is 0 Å². The first-order valence-corrected chi connectivity index (χ1v) is 6.26. The number of hydrogen-bond donors (Lipinski definition) is 3. The number of amides is 1. The number of benzene rings is 2. The average molecular weight is 291 g/mol. The van der Waals surface area contributed by atoms with Crippen LogP contribution in [0.25, 0.3) is 0 Å². The van der Waals surface area contributed by atoms with Gasteiger partial charge < -0.3 is 10.7 Å². The van der Waals surface area contributed by atoms with Gasteiger partial charge in [-0.1, -0.05) is 6.07 Å². The van der Waals surface area contributed by atoms with Gasteiger partial charge in [-0.05, 0) is 43.2 Å². The molecule has 110 valence electrons. The molecule has 0 radical (unpaired) electrons. The van der Waals surface area contributed by atoms with E-state index < -0.39 is 17.5 Å². The lowest BCUT2D eigenvalue weighted by molar-refractivity contribution is 0.102. The Balaban J connectivity index is 2.32. The number of nitrogens with one attached hydrogen (secondary N) is 2. The lowest BCUT2D eigenvalue weighted by Gasteiger charge is -2.11. The summed E-state index contributed by atoms with van der Waals surface area (Å²) < 4.78 is 27.2. The smallest absolute Gasteiger partial charge is 0.257 e. The number of nitrogen functional groups attached to an aromatic ring is 1. The van der Waals surface area contributed by atoms with Crippen LogP contribution < -0.4 is 16.6 Å². The van der Waals surface area contributed by atoms with Gasteiger partial charge in [-0.15, -0.1) is 0 Å². The number of nitrogens with two attached hydrogens (primary N) is 1. The van der Waals surface area contributed by atoms with E-state index in [9.17, 15) is 13.6 Å². The maximum Gasteiger partial charge on any atom is 0.257 e. The number of aryl methyl sites for hydroxylation is 2. The molecule has 0 aliphatic rings. The van der Waals surface area contributed by atoms with Crippen molar-refractivity contribution >= 4 is 17.3 Å². The van der Waals surface area contributed by atoms with Crippen LogP contribution in [0.1, 0.15) is 21.5 Å². The molecule has 0 spiro atoms. The molecule has 0 unspecified atom stereocenters. The summed E-state index contributed by atoms with van der Waals surface area (Å²) >= 11 is 0. The summed E-state index contributed by atoms with van der Waals surface area (Å²) in [7, 11) is 0. The normalized spacial score (nSPS) is 10.3. The minimum atomic E-state index is -0.698. The van der Waals surface area contributed by atoms with Gasteiger partial charge in [0.15, 0.2) is 0 Å². The predicted molar refractivity (Wildman–Crippen MR) is 78.0 cm³/mol. The molecule has 2 aromatic rings. The molecule has 0 atom stereocenters. The summed E-state index contributed by atoms with van der Waals surface area (Å²) in [4.78, 5) is 12.2. The Morgan fingerprint density at radius 3 is 2.43 bits per heavy atom. The highest BCUT2D eigenvalue weighted by Gasteiger charge is 2.14. The van der Waals surface area contributed by atoms with E-state index in [-0.39, 0.29) is 16.8 Å². The van der Waals surface area contributed by atoms with Gasteiger partial charge in [0.05, 0.1) is 16.9 Å². The van der Waals surface area contributed by atoms with Crippen molar-refractivity contribution in [3.05, 3.63) is 58.7 Å². The molecule has 21 heavy (non-hydrogen) atoms. The second-order valence-electron chi connectivity index (χ2n) is 4.73. The Hall–Kier alpha value is -2.47. The van der Waals surface area contributed by atoms with Crippen molar-refractivity contribution in [1.82, 2.24) is 0 Å². The van der Waals surface area contributed by atoms with Gasteiger partial charge in [-0.3, -0.25) is 10.6 Å². The maximum atomic E-state index is 13.7. The predicted octanol–water partition coefficient (Wildman–Crippen LogP) is 3.12. The Morgan fingerprint density at radius 2 is 1.76 bits per heavy atom. The number of carbonyl (C=O) groups excluding carboxylic acids is 1. The van der Waals surface area contributed by atoms with E-state index in [1.807, 2.05) is 6.92 Å². The molecule has 0 aliphatic carbocycles. The van der Waals surface area contributed by atoms with Crippen LogP contribution in [0.5, 0.6) is 0 Å². The minimum Gasteiger partial charge on any atom is -0.323 e. The molecule has 6 heteroatoms. The molecule has 0 aliphatic heterocycles. The van der Waals surface area contributed by atoms with Crippen LogP contribution >= 0.6 is 0 Å². The monoisotopic (exact) mass is 291 g/mol. The highest BCUT2D eigenvalue weighted by Crippen LogP contribution is 2.22. The second-order valence-corrected chi connectivity index (χ2v) is 4.73. The zero-order valence-corrected chi connectivity index (χ0v) is 11.6. The highest BCUT2D eigenvalue weighted by molar-refractivity contribution is 6.08. The summed E-state index contributed by atoms with van der Waals surface area (Å²) in [6, 6.07) is 6.94. The van der Waals surface area contributed by atoms with Gasteiger partial charge in [0.1, 0.15) is 11.6 Å². The van der Waals surface area contributed by atoms with E-state index in [2.05, 4.69) is 10.7 Å². The zero-order valence-electron chi connectivity index (χ0n) is 11.6. The van der Waals surface area contributed by atoms with Gasteiger partial charge in [0.25, 0.3) is 5.91 Å². The first-order chi connectivity index (χ1) is 9.92. The molecule has 0 saturated heterocycles. The fourth-order valence-electron chi connectivity index (χ4n) is 1.91. The Morgan fingerprint density at radius 1 is 1.05 bits per heavy atom. The Bertz CT molecular complexity index is 702. The number of hydrogen-bond acceptors (Lipinski definition) is 3. The second kappa shape index (κ2) is 5.88. The quantitative estimate of drug-likeness (QED) is 0.601. The number of halogens is 2. The summed E-state index contributed by atoms with van der Waals surface area (Å²) in [5, 5.41) is 2.34. The van der Waals surface area contributed by atoms with Crippen molar-refractivity contribution in [1.29, 1.82) is 0 Å². The molecule has 0 bridgehead atoms. The van der Waals surface area contributed by atoms with Crippen LogP contribution in [0.2, 0.25) is 0 Å². The van der Waals surface area contributed by atoms with Gasteiger partial charge in [-0.2, -0.15) is 0 Å². The maximum absolute atomic E-state index is 13.7. The highest BCUT2D eigenvalue weighted by atomic mass is 19.1. The van der Waals surface area contributed by atoms with Crippen LogP contribution in [0.15, 0.2) is 30.3 Å². The topological polar surface area (TPSA) is 67.2 Å². The molecular formula is C15H15F2N3O. The minimum absolute atomic E-state index is 0.171. The van der Waals surface area contributed by atoms with Gasteiger partial charge in [0, 0.05) is 6.07 Å². The Kier molecular flexibility index (Phi) is 4.18. The number of carbonyl (C=O) groups is 1. The van der Waals surface area contributed by atoms with Gasteiger partial charge >= 0.3 is 0 Å². The fourth-order valence-corrected chi connectivity index (χ4v) is 1.91. The third-order valence-electron chi connectivity index (χ3n) is 3.07. The number of anilines is 2. The van der Waals surface area contributed by atoms with Crippen molar-refractivity contribution in [2.24, 2.45) is 5.84 Å². The first-order valence-electron chi connectivity index (χ1n) is 6.26. The molecule has 0 heterocycles. The summed E-state index contributed by atoms with van der Waals surface area (Å²) in [5.41, 5.74) is 3.92. The summed E-state index contributed by atoms with van der Waals surface area (Å²) in [5.74, 6) is 3.49. The molecule has 0 saturated carbocycles. The van der Waals surface area contributed by atoms with E-state index in [0.717, 1.165) is 17.7 Å². The molecule has 2 aromatic carbocycles. The molecule has 4 nitrogen and oxygen atoms in total. The SMILES string of the molecule is Cc1ccc(C(=O)Nc2cc(F)c(C)cc2F)c(NN)c1. The average Bonchev–Trinajstić information content (AvgIpc) is 2.44. The van der Waals surface area contributed by atoms with Crippen LogP contribution in [0.3, 0.4) is 0 Å². The van der Waals surface area contributed by atoms with Crippen LogP contribution in [0, 0.1) is 25.5 Å². The Labute approximate surface area is 120 Å². The van der Waals surface area contributed by atoms with E-state index in [1.165, 1.54) is 6.92 Å². The number of rotatable bonds is 3. The lowest BCUT2D eigenvalue weighted by atomic mass is 10.1. The van der Waals surface area contributed by atoms with Crippen LogP contribution in [-0.4, -0.2) is 5.91 Å². The molecule has 0 fully saturated rings. The molecule has 2 rings (SSSR count). The third-order valence-corrected chi connectivity index (χ3v) is 3.07. The third kappa shape index (κ3) is 3.17. The largest absolute Gasteiger partial charge is 0.323 e. The van der Waals surface area contributed by atoms with Gasteiger partial charge in [-0.25, -0.2) is 8.78 Å². The lowest BCUT2D eigenvalue weighted by Crippen LogP contribution is -2.18. The molecule has 4 N–H and O–H groups in total. The first kappa shape index (κ1) is 14.9. The standard InChI is InChI=1S/C15H15F2N3O/c1-8-3-4-10(13(5-8)20-18)15(21)19-14-7-11(16)9(2)6-12(14)17/h3-7,20H,18H2,1-2H3,(H,19,21). The van der Waals surface area contributed by atoms with Crippen molar-refractivity contribution in [2.45, 2.75) is 13.8 Å².